The van der Waals surface area contributed by atoms with Crippen LogP contribution in [0.2, 0.25) is 0 Å². The van der Waals surface area contributed by atoms with Crippen LogP contribution in [0.3, 0.4) is 0 Å². The minimum Gasteiger partial charge on any atom is -0.316 e. The zero-order valence-electron chi connectivity index (χ0n) is 11.8. The van der Waals surface area contributed by atoms with Crippen molar-refractivity contribution in [1.82, 2.24) is 9.62 Å². The normalized spacial score (nSPS) is 12.0. The minimum absolute atomic E-state index is 0.105. The fourth-order valence-electron chi connectivity index (χ4n) is 1.92. The number of nitrogens with zero attached hydrogens (tertiary/aromatic N) is 1. The summed E-state index contributed by atoms with van der Waals surface area (Å²) in [5.74, 6) is -0.413. The largest absolute Gasteiger partial charge is 0.316 e. The van der Waals surface area contributed by atoms with Gasteiger partial charge in [-0.05, 0) is 36.7 Å². The predicted molar refractivity (Wildman–Crippen MR) is 82.1 cm³/mol. The zero-order chi connectivity index (χ0) is 15.5. The molecule has 1 aromatic heterocycles. The Morgan fingerprint density at radius 3 is 2.71 bits per heavy atom. The third-order valence-electron chi connectivity index (χ3n) is 3.05. The van der Waals surface area contributed by atoms with E-state index in [1.807, 2.05) is 17.5 Å². The van der Waals surface area contributed by atoms with Crippen LogP contribution in [0.15, 0.2) is 40.6 Å². The molecule has 114 valence electrons. The van der Waals surface area contributed by atoms with Gasteiger partial charge >= 0.3 is 0 Å². The van der Waals surface area contributed by atoms with Gasteiger partial charge in [-0.25, -0.2) is 12.8 Å². The van der Waals surface area contributed by atoms with Crippen LogP contribution in [0.1, 0.15) is 10.4 Å². The van der Waals surface area contributed by atoms with Gasteiger partial charge in [-0.3, -0.25) is 0 Å². The highest BCUT2D eigenvalue weighted by Crippen LogP contribution is 2.21. The van der Waals surface area contributed by atoms with Crippen molar-refractivity contribution in [1.29, 1.82) is 0 Å². The van der Waals surface area contributed by atoms with Crippen LogP contribution in [0.4, 0.5) is 4.39 Å². The Hall–Kier alpha value is -1.28. The maximum Gasteiger partial charge on any atom is 0.243 e. The molecule has 0 amide bonds. The summed E-state index contributed by atoms with van der Waals surface area (Å²) >= 11 is 1.50. The molecule has 0 saturated heterocycles. The number of benzene rings is 1. The summed E-state index contributed by atoms with van der Waals surface area (Å²) in [5, 5.41) is 4.72. The SMILES string of the molecule is CNCc1cc(S(=O)(=O)N(C)Cc2cccs2)ccc1F. The van der Waals surface area contributed by atoms with E-state index in [4.69, 9.17) is 0 Å². The first-order valence-electron chi connectivity index (χ1n) is 6.37. The molecule has 0 radical (unpaired) electrons. The lowest BCUT2D eigenvalue weighted by Gasteiger charge is -2.17. The molecule has 1 heterocycles. The van der Waals surface area contributed by atoms with Crippen molar-refractivity contribution in [2.75, 3.05) is 14.1 Å². The molecule has 2 rings (SSSR count). The second-order valence-corrected chi connectivity index (χ2v) is 7.70. The van der Waals surface area contributed by atoms with Crippen molar-refractivity contribution < 1.29 is 12.8 Å². The molecule has 0 saturated carbocycles. The van der Waals surface area contributed by atoms with Crippen molar-refractivity contribution in [3.05, 3.63) is 52.0 Å². The van der Waals surface area contributed by atoms with E-state index in [2.05, 4.69) is 5.32 Å². The lowest BCUT2D eigenvalue weighted by molar-refractivity contribution is 0.469. The smallest absolute Gasteiger partial charge is 0.243 e. The Bertz CT molecular complexity index is 700. The van der Waals surface area contributed by atoms with Crippen LogP contribution in [0.25, 0.3) is 0 Å². The van der Waals surface area contributed by atoms with Gasteiger partial charge in [0.05, 0.1) is 4.90 Å². The molecule has 1 N–H and O–H groups in total. The van der Waals surface area contributed by atoms with Crippen LogP contribution in [0.5, 0.6) is 0 Å². The number of rotatable bonds is 6. The molecule has 0 fully saturated rings. The van der Waals surface area contributed by atoms with Gasteiger partial charge in [0, 0.05) is 30.6 Å². The maximum absolute atomic E-state index is 13.6. The summed E-state index contributed by atoms with van der Waals surface area (Å²) in [6.45, 7) is 0.586. The van der Waals surface area contributed by atoms with Gasteiger partial charge in [-0.2, -0.15) is 4.31 Å². The molecule has 0 atom stereocenters. The number of hydrogen-bond donors (Lipinski definition) is 1. The monoisotopic (exact) mass is 328 g/mol. The molecule has 21 heavy (non-hydrogen) atoms. The van der Waals surface area contributed by atoms with E-state index in [1.54, 1.807) is 7.05 Å². The van der Waals surface area contributed by atoms with E-state index in [0.29, 0.717) is 12.1 Å². The van der Waals surface area contributed by atoms with Crippen molar-refractivity contribution in [2.24, 2.45) is 0 Å². The standard InChI is InChI=1S/C14H17FN2O2S2/c1-16-9-11-8-13(5-6-14(11)15)21(18,19)17(2)10-12-4-3-7-20-12/h3-8,16H,9-10H2,1-2H3. The fraction of sp³-hybridized carbons (Fsp3) is 0.286. The highest BCUT2D eigenvalue weighted by Gasteiger charge is 2.22. The Labute approximate surface area is 128 Å². The average Bonchev–Trinajstić information content (AvgIpc) is 2.94. The van der Waals surface area contributed by atoms with E-state index in [0.717, 1.165) is 4.88 Å². The van der Waals surface area contributed by atoms with E-state index >= 15 is 0 Å². The Morgan fingerprint density at radius 2 is 2.10 bits per heavy atom. The number of halogens is 1. The molecule has 0 bridgehead atoms. The Morgan fingerprint density at radius 1 is 1.33 bits per heavy atom. The first kappa shape index (κ1) is 16.1. The van der Waals surface area contributed by atoms with Crippen LogP contribution in [-0.4, -0.2) is 26.8 Å². The van der Waals surface area contributed by atoms with Crippen LogP contribution < -0.4 is 5.32 Å². The van der Waals surface area contributed by atoms with E-state index in [1.165, 1.54) is 40.9 Å². The fourth-order valence-corrected chi connectivity index (χ4v) is 3.96. The van der Waals surface area contributed by atoms with E-state index in [9.17, 15) is 12.8 Å². The lowest BCUT2D eigenvalue weighted by atomic mass is 10.2. The molecule has 0 aliphatic rings. The molecule has 0 aliphatic carbocycles. The Kier molecular flexibility index (Phi) is 5.10. The summed E-state index contributed by atoms with van der Waals surface area (Å²) in [6, 6.07) is 7.64. The molecule has 4 nitrogen and oxygen atoms in total. The topological polar surface area (TPSA) is 49.4 Å². The molecular weight excluding hydrogens is 311 g/mol. The van der Waals surface area contributed by atoms with Crippen LogP contribution in [-0.2, 0) is 23.1 Å². The maximum atomic E-state index is 13.6. The highest BCUT2D eigenvalue weighted by molar-refractivity contribution is 7.89. The molecule has 7 heteroatoms. The quantitative estimate of drug-likeness (QED) is 0.886. The lowest BCUT2D eigenvalue weighted by Crippen LogP contribution is -2.26. The first-order chi connectivity index (χ1) is 9.95. The molecule has 0 spiro atoms. The summed E-state index contributed by atoms with van der Waals surface area (Å²) in [6.07, 6.45) is 0. The zero-order valence-corrected chi connectivity index (χ0v) is 13.5. The summed E-state index contributed by atoms with van der Waals surface area (Å²) in [5.41, 5.74) is 0.336. The van der Waals surface area contributed by atoms with Gasteiger partial charge in [0.25, 0.3) is 0 Å². The van der Waals surface area contributed by atoms with Gasteiger partial charge in [0.2, 0.25) is 10.0 Å². The van der Waals surface area contributed by atoms with E-state index in [-0.39, 0.29) is 11.4 Å². The first-order valence-corrected chi connectivity index (χ1v) is 8.69. The minimum atomic E-state index is -3.63. The van der Waals surface area contributed by atoms with Crippen molar-refractivity contribution >= 4 is 21.4 Å². The second kappa shape index (κ2) is 6.65. The highest BCUT2D eigenvalue weighted by atomic mass is 32.2. The van der Waals surface area contributed by atoms with Crippen molar-refractivity contribution in [2.45, 2.75) is 18.0 Å². The summed E-state index contributed by atoms with van der Waals surface area (Å²) in [4.78, 5) is 1.06. The van der Waals surface area contributed by atoms with Crippen molar-refractivity contribution in [3.63, 3.8) is 0 Å². The van der Waals surface area contributed by atoms with Gasteiger partial charge in [0.1, 0.15) is 5.82 Å². The number of sulfonamides is 1. The molecule has 2 aromatic rings. The number of thiophene rings is 1. The van der Waals surface area contributed by atoms with Gasteiger partial charge < -0.3 is 5.32 Å². The van der Waals surface area contributed by atoms with E-state index < -0.39 is 15.8 Å². The molecule has 0 unspecified atom stereocenters. The van der Waals surface area contributed by atoms with Crippen LogP contribution >= 0.6 is 11.3 Å². The summed E-state index contributed by atoms with van der Waals surface area (Å²) in [7, 11) is -0.419. The third kappa shape index (κ3) is 3.68. The average molecular weight is 328 g/mol. The molecular formula is C14H17FN2O2S2. The summed E-state index contributed by atoms with van der Waals surface area (Å²) < 4.78 is 39.9. The third-order valence-corrected chi connectivity index (χ3v) is 5.71. The van der Waals surface area contributed by atoms with Crippen LogP contribution in [0, 0.1) is 5.82 Å². The van der Waals surface area contributed by atoms with Crippen molar-refractivity contribution in [3.8, 4) is 0 Å². The Balaban J connectivity index is 2.28. The van der Waals surface area contributed by atoms with Gasteiger partial charge in [0.15, 0.2) is 0 Å². The molecule has 1 aromatic carbocycles. The second-order valence-electron chi connectivity index (χ2n) is 4.62. The predicted octanol–water partition coefficient (Wildman–Crippen LogP) is 2.43. The number of hydrogen-bond acceptors (Lipinski definition) is 4. The van der Waals surface area contributed by atoms with Gasteiger partial charge in [-0.1, -0.05) is 6.07 Å². The van der Waals surface area contributed by atoms with Gasteiger partial charge in [-0.15, -0.1) is 11.3 Å². The molecule has 0 aliphatic heterocycles. The number of nitrogens with one attached hydrogen (secondary N) is 1.